The summed E-state index contributed by atoms with van der Waals surface area (Å²) in [7, 11) is 0. The van der Waals surface area contributed by atoms with E-state index in [4.69, 9.17) is 16.3 Å². The molecule has 30 heavy (non-hydrogen) atoms. The van der Waals surface area contributed by atoms with Gasteiger partial charge >= 0.3 is 5.97 Å². The van der Waals surface area contributed by atoms with Crippen LogP contribution in [0, 0.1) is 6.92 Å². The molecular formula is C26H32ClNO2. The molecule has 0 spiro atoms. The first-order valence-corrected chi connectivity index (χ1v) is 11.2. The van der Waals surface area contributed by atoms with Crippen LogP contribution in [0.5, 0.6) is 0 Å². The molecule has 160 valence electrons. The Morgan fingerprint density at radius 3 is 2.37 bits per heavy atom. The number of aryl methyl sites for hydroxylation is 1. The molecule has 0 aliphatic carbocycles. The van der Waals surface area contributed by atoms with Crippen molar-refractivity contribution in [1.29, 1.82) is 0 Å². The molecule has 0 radical (unpaired) electrons. The molecule has 4 heteroatoms. The molecule has 3 aromatic rings. The number of benzene rings is 3. The summed E-state index contributed by atoms with van der Waals surface area (Å²) < 4.78 is 5.62. The van der Waals surface area contributed by atoms with Crippen LogP contribution < -0.4 is 5.32 Å². The maximum Gasteiger partial charge on any atom is 0.338 e. The summed E-state index contributed by atoms with van der Waals surface area (Å²) in [4.78, 5) is 12.8. The topological polar surface area (TPSA) is 38.3 Å². The second kappa shape index (κ2) is 9.26. The van der Waals surface area contributed by atoms with Gasteiger partial charge in [0.2, 0.25) is 0 Å². The Morgan fingerprint density at radius 2 is 1.70 bits per heavy atom. The summed E-state index contributed by atoms with van der Waals surface area (Å²) >= 11 is 6.88. The van der Waals surface area contributed by atoms with Crippen molar-refractivity contribution in [2.75, 3.05) is 11.9 Å². The lowest BCUT2D eigenvalue weighted by Gasteiger charge is -2.22. The number of hydrogen-bond donors (Lipinski definition) is 1. The Kier molecular flexibility index (Phi) is 6.92. The van der Waals surface area contributed by atoms with Crippen molar-refractivity contribution >= 4 is 44.8 Å². The maximum absolute atomic E-state index is 12.8. The second-order valence-electron chi connectivity index (χ2n) is 8.88. The summed E-state index contributed by atoms with van der Waals surface area (Å²) in [5.74, 6) is -0.319. The van der Waals surface area contributed by atoms with Crippen molar-refractivity contribution < 1.29 is 9.53 Å². The molecule has 0 atom stereocenters. The smallest absolute Gasteiger partial charge is 0.338 e. The highest BCUT2D eigenvalue weighted by atomic mass is 35.5. The number of rotatable bonds is 7. The van der Waals surface area contributed by atoms with Crippen molar-refractivity contribution in [2.24, 2.45) is 0 Å². The van der Waals surface area contributed by atoms with Gasteiger partial charge in [0.25, 0.3) is 0 Å². The first-order valence-electron chi connectivity index (χ1n) is 10.9. The molecule has 3 aromatic carbocycles. The standard InChI is InChI=1S/C26H32ClNO2/c1-6-7-8-11-16-28-24-20-13-10-9-12-19(20)23(27)22-17(2)18(14-15-21(22)24)25(29)30-26(3,4)5/h9-10,12-15,28H,6-8,11,16H2,1-5H3. The summed E-state index contributed by atoms with van der Waals surface area (Å²) in [6, 6.07) is 12.0. The maximum atomic E-state index is 12.8. The van der Waals surface area contributed by atoms with Gasteiger partial charge in [0.05, 0.1) is 16.3 Å². The van der Waals surface area contributed by atoms with Crippen molar-refractivity contribution in [3.8, 4) is 0 Å². The van der Waals surface area contributed by atoms with Crippen molar-refractivity contribution in [3.05, 3.63) is 52.5 Å². The van der Waals surface area contributed by atoms with Gasteiger partial charge in [-0.15, -0.1) is 0 Å². The monoisotopic (exact) mass is 425 g/mol. The minimum absolute atomic E-state index is 0.319. The van der Waals surface area contributed by atoms with Crippen molar-refractivity contribution in [3.63, 3.8) is 0 Å². The zero-order chi connectivity index (χ0) is 21.9. The van der Waals surface area contributed by atoms with E-state index in [0.29, 0.717) is 10.6 Å². The Balaban J connectivity index is 2.13. The number of ether oxygens (including phenoxy) is 1. The molecule has 0 amide bonds. The first-order chi connectivity index (χ1) is 14.2. The third-order valence-electron chi connectivity index (χ3n) is 5.34. The van der Waals surface area contributed by atoms with E-state index >= 15 is 0 Å². The largest absolute Gasteiger partial charge is 0.456 e. The van der Waals surface area contributed by atoms with Crippen LogP contribution in [0.2, 0.25) is 5.02 Å². The third-order valence-corrected chi connectivity index (χ3v) is 5.73. The molecule has 1 N–H and O–H groups in total. The lowest BCUT2D eigenvalue weighted by Crippen LogP contribution is -2.24. The fourth-order valence-electron chi connectivity index (χ4n) is 3.88. The highest BCUT2D eigenvalue weighted by molar-refractivity contribution is 6.42. The van der Waals surface area contributed by atoms with Crippen LogP contribution in [-0.4, -0.2) is 18.1 Å². The number of esters is 1. The van der Waals surface area contributed by atoms with E-state index in [1.807, 2.05) is 58.0 Å². The minimum Gasteiger partial charge on any atom is -0.456 e. The van der Waals surface area contributed by atoms with Gasteiger partial charge in [0.1, 0.15) is 5.60 Å². The van der Waals surface area contributed by atoms with Crippen molar-refractivity contribution in [2.45, 2.75) is 65.9 Å². The quantitative estimate of drug-likeness (QED) is 0.237. The molecule has 3 nitrogen and oxygen atoms in total. The molecule has 0 saturated carbocycles. The summed E-state index contributed by atoms with van der Waals surface area (Å²) in [5, 5.41) is 8.39. The number of carbonyl (C=O) groups is 1. The number of anilines is 1. The molecule has 0 heterocycles. The number of carbonyl (C=O) groups excluding carboxylic acids is 1. The normalized spacial score (nSPS) is 11.8. The first kappa shape index (κ1) is 22.4. The molecule has 0 aliphatic heterocycles. The van der Waals surface area contributed by atoms with Crippen LogP contribution >= 0.6 is 11.6 Å². The van der Waals surface area contributed by atoms with E-state index in [0.717, 1.165) is 45.8 Å². The van der Waals surface area contributed by atoms with Gasteiger partial charge in [-0.1, -0.05) is 68.1 Å². The Morgan fingerprint density at radius 1 is 1.00 bits per heavy atom. The third kappa shape index (κ3) is 4.73. The van der Waals surface area contributed by atoms with Gasteiger partial charge in [-0.25, -0.2) is 4.79 Å². The molecule has 0 aromatic heterocycles. The number of fused-ring (bicyclic) bond motifs is 2. The highest BCUT2D eigenvalue weighted by Gasteiger charge is 2.22. The molecule has 0 fully saturated rings. The Labute approximate surface area is 184 Å². The van der Waals surface area contributed by atoms with Crippen LogP contribution in [0.1, 0.15) is 69.3 Å². The van der Waals surface area contributed by atoms with E-state index in [1.165, 1.54) is 19.3 Å². The zero-order valence-electron chi connectivity index (χ0n) is 18.7. The average Bonchev–Trinajstić information content (AvgIpc) is 2.68. The van der Waals surface area contributed by atoms with E-state index in [1.54, 1.807) is 0 Å². The van der Waals surface area contributed by atoms with E-state index in [9.17, 15) is 4.79 Å². The number of unbranched alkanes of at least 4 members (excludes halogenated alkanes) is 3. The van der Waals surface area contributed by atoms with Crippen molar-refractivity contribution in [1.82, 2.24) is 0 Å². The lowest BCUT2D eigenvalue weighted by molar-refractivity contribution is 0.00690. The van der Waals surface area contributed by atoms with Crippen LogP contribution in [0.4, 0.5) is 5.69 Å². The summed E-state index contributed by atoms with van der Waals surface area (Å²) in [6.07, 6.45) is 4.82. The number of nitrogens with one attached hydrogen (secondary N) is 1. The zero-order valence-corrected chi connectivity index (χ0v) is 19.5. The number of hydrogen-bond acceptors (Lipinski definition) is 3. The van der Waals surface area contributed by atoms with Gasteiger partial charge in [-0.3, -0.25) is 0 Å². The van der Waals surface area contributed by atoms with Crippen LogP contribution in [0.25, 0.3) is 21.5 Å². The van der Waals surface area contributed by atoms with Crippen LogP contribution in [0.15, 0.2) is 36.4 Å². The minimum atomic E-state index is -0.545. The molecule has 0 bridgehead atoms. The van der Waals surface area contributed by atoms with Gasteiger partial charge in [0.15, 0.2) is 0 Å². The average molecular weight is 426 g/mol. The predicted molar refractivity (Wildman–Crippen MR) is 129 cm³/mol. The van der Waals surface area contributed by atoms with Gasteiger partial charge < -0.3 is 10.1 Å². The van der Waals surface area contributed by atoms with Gasteiger partial charge in [-0.2, -0.15) is 0 Å². The molecule has 0 unspecified atom stereocenters. The Bertz CT molecular complexity index is 1070. The second-order valence-corrected chi connectivity index (χ2v) is 9.26. The van der Waals surface area contributed by atoms with Gasteiger partial charge in [-0.05, 0) is 45.7 Å². The fourth-order valence-corrected chi connectivity index (χ4v) is 4.29. The SMILES string of the molecule is CCCCCCNc1c2ccccc2c(Cl)c2c(C)c(C(=O)OC(C)(C)C)ccc12. The van der Waals surface area contributed by atoms with Gasteiger partial charge in [0, 0.05) is 28.1 Å². The molecule has 0 saturated heterocycles. The van der Waals surface area contributed by atoms with Crippen LogP contribution in [0.3, 0.4) is 0 Å². The predicted octanol–water partition coefficient (Wildman–Crippen LogP) is 7.90. The highest BCUT2D eigenvalue weighted by Crippen LogP contribution is 2.41. The van der Waals surface area contributed by atoms with E-state index < -0.39 is 5.60 Å². The van der Waals surface area contributed by atoms with Crippen LogP contribution in [-0.2, 0) is 4.74 Å². The number of halogens is 1. The Hall–Kier alpha value is -2.26. The fraction of sp³-hybridized carbons (Fsp3) is 0.423. The van der Waals surface area contributed by atoms with E-state index in [-0.39, 0.29) is 5.97 Å². The molecular weight excluding hydrogens is 394 g/mol. The summed E-state index contributed by atoms with van der Waals surface area (Å²) in [6.45, 7) is 10.7. The lowest BCUT2D eigenvalue weighted by atomic mass is 9.94. The summed E-state index contributed by atoms with van der Waals surface area (Å²) in [5.41, 5.74) is 1.95. The molecule has 0 aliphatic rings. The molecule has 3 rings (SSSR count). The van der Waals surface area contributed by atoms with E-state index in [2.05, 4.69) is 18.3 Å².